The smallest absolute Gasteiger partial charge is 0.188 e. The van der Waals surface area contributed by atoms with E-state index in [1.165, 1.54) is 6.07 Å². The number of hydrogen-bond donors (Lipinski definition) is 2. The van der Waals surface area contributed by atoms with E-state index in [1.807, 2.05) is 13.8 Å². The lowest BCUT2D eigenvalue weighted by atomic mass is 10.3. The quantitative estimate of drug-likeness (QED) is 0.415. The summed E-state index contributed by atoms with van der Waals surface area (Å²) in [7, 11) is 0. The van der Waals surface area contributed by atoms with Crippen LogP contribution in [0.3, 0.4) is 0 Å². The van der Waals surface area contributed by atoms with Crippen LogP contribution in [0.5, 0.6) is 5.75 Å². The first-order valence-corrected chi connectivity index (χ1v) is 7.16. The molecule has 0 radical (unpaired) electrons. The number of hydrogen-bond acceptors (Lipinski definition) is 3. The summed E-state index contributed by atoms with van der Waals surface area (Å²) in [5, 5.41) is 2.99. The van der Waals surface area contributed by atoms with Crippen LogP contribution in [-0.2, 0) is 4.74 Å². The number of nitrogens with one attached hydrogen (secondary N) is 1. The van der Waals surface area contributed by atoms with Crippen LogP contribution < -0.4 is 15.8 Å². The fourth-order valence-electron chi connectivity index (χ4n) is 1.61. The fourth-order valence-corrected chi connectivity index (χ4v) is 1.61. The molecule has 0 amide bonds. The maximum absolute atomic E-state index is 13.4. The Hall–Kier alpha value is -1.82. The number of para-hydroxylation sites is 1. The zero-order valence-corrected chi connectivity index (χ0v) is 12.6. The van der Waals surface area contributed by atoms with Crippen molar-refractivity contribution in [2.75, 3.05) is 26.3 Å². The van der Waals surface area contributed by atoms with Crippen LogP contribution in [0.2, 0.25) is 0 Å². The number of aliphatic imine (C=N–C) groups is 1. The molecule has 118 valence electrons. The Bertz CT molecular complexity index is 441. The van der Waals surface area contributed by atoms with Crippen molar-refractivity contribution in [2.24, 2.45) is 10.7 Å². The maximum atomic E-state index is 13.4. The lowest BCUT2D eigenvalue weighted by molar-refractivity contribution is 0.145. The molecule has 0 aliphatic rings. The van der Waals surface area contributed by atoms with E-state index in [4.69, 9.17) is 15.2 Å². The Labute approximate surface area is 125 Å². The van der Waals surface area contributed by atoms with Gasteiger partial charge in [-0.2, -0.15) is 0 Å². The molecular weight excluding hydrogens is 273 g/mol. The Morgan fingerprint density at radius 3 is 2.90 bits per heavy atom. The van der Waals surface area contributed by atoms with Gasteiger partial charge in [0.2, 0.25) is 0 Å². The topological polar surface area (TPSA) is 68.9 Å². The minimum Gasteiger partial charge on any atom is -0.486 e. The lowest BCUT2D eigenvalue weighted by Gasteiger charge is -2.13. The molecule has 0 saturated carbocycles. The maximum Gasteiger partial charge on any atom is 0.188 e. The van der Waals surface area contributed by atoms with E-state index in [0.717, 1.165) is 6.42 Å². The second-order valence-corrected chi connectivity index (χ2v) is 4.56. The highest BCUT2D eigenvalue weighted by molar-refractivity contribution is 5.77. The molecule has 1 rings (SSSR count). The van der Waals surface area contributed by atoms with Crippen LogP contribution in [0.25, 0.3) is 0 Å². The van der Waals surface area contributed by atoms with E-state index in [0.29, 0.717) is 32.3 Å². The lowest BCUT2D eigenvalue weighted by Crippen LogP contribution is -2.34. The van der Waals surface area contributed by atoms with Crippen molar-refractivity contribution < 1.29 is 13.9 Å². The summed E-state index contributed by atoms with van der Waals surface area (Å²) in [4.78, 5) is 4.16. The molecule has 1 unspecified atom stereocenters. The third-order valence-corrected chi connectivity index (χ3v) is 2.66. The first-order valence-electron chi connectivity index (χ1n) is 7.16. The van der Waals surface area contributed by atoms with Crippen molar-refractivity contribution in [1.29, 1.82) is 0 Å². The van der Waals surface area contributed by atoms with Crippen LogP contribution in [-0.4, -0.2) is 38.4 Å². The molecule has 6 heteroatoms. The second-order valence-electron chi connectivity index (χ2n) is 4.56. The summed E-state index contributed by atoms with van der Waals surface area (Å²) in [6.45, 7) is 6.26. The number of nitrogens with zero attached hydrogens (tertiary/aromatic N) is 1. The van der Waals surface area contributed by atoms with Gasteiger partial charge in [0.25, 0.3) is 0 Å². The van der Waals surface area contributed by atoms with Gasteiger partial charge in [0.15, 0.2) is 17.5 Å². The number of halogens is 1. The Morgan fingerprint density at radius 2 is 2.19 bits per heavy atom. The Kier molecular flexibility index (Phi) is 8.19. The standard InChI is InChI=1S/C15H24FN3O2/c1-3-20-10-6-9-18-15(17)19-11-12(2)21-14-8-5-4-7-13(14)16/h4-5,7-8,12H,3,6,9-11H2,1-2H3,(H3,17,18,19). The van der Waals surface area contributed by atoms with Crippen molar-refractivity contribution in [3.8, 4) is 5.75 Å². The van der Waals surface area contributed by atoms with Crippen molar-refractivity contribution in [1.82, 2.24) is 5.32 Å². The first kappa shape index (κ1) is 17.2. The molecule has 0 bridgehead atoms. The highest BCUT2D eigenvalue weighted by atomic mass is 19.1. The van der Waals surface area contributed by atoms with Gasteiger partial charge in [-0.05, 0) is 32.4 Å². The molecule has 1 atom stereocenters. The SMILES string of the molecule is CCOCCCNC(N)=NCC(C)Oc1ccccc1F. The zero-order chi connectivity index (χ0) is 15.5. The number of rotatable bonds is 9. The van der Waals surface area contributed by atoms with Crippen molar-refractivity contribution >= 4 is 5.96 Å². The van der Waals surface area contributed by atoms with Gasteiger partial charge < -0.3 is 20.5 Å². The molecule has 0 spiro atoms. The highest BCUT2D eigenvalue weighted by Crippen LogP contribution is 2.16. The van der Waals surface area contributed by atoms with Gasteiger partial charge in [-0.3, -0.25) is 0 Å². The van der Waals surface area contributed by atoms with Crippen molar-refractivity contribution in [2.45, 2.75) is 26.4 Å². The highest BCUT2D eigenvalue weighted by Gasteiger charge is 2.07. The average Bonchev–Trinajstić information content (AvgIpc) is 2.47. The zero-order valence-electron chi connectivity index (χ0n) is 12.6. The molecule has 0 heterocycles. The number of nitrogens with two attached hydrogens (primary N) is 1. The van der Waals surface area contributed by atoms with Gasteiger partial charge in [-0.1, -0.05) is 12.1 Å². The number of guanidine groups is 1. The molecule has 0 saturated heterocycles. The summed E-state index contributed by atoms with van der Waals surface area (Å²) in [5.74, 6) is 0.203. The Morgan fingerprint density at radius 1 is 1.43 bits per heavy atom. The summed E-state index contributed by atoms with van der Waals surface area (Å²) in [5.41, 5.74) is 5.73. The molecule has 21 heavy (non-hydrogen) atoms. The second kappa shape index (κ2) is 9.99. The summed E-state index contributed by atoms with van der Waals surface area (Å²) in [6.07, 6.45) is 0.608. The molecule has 3 N–H and O–H groups in total. The van der Waals surface area contributed by atoms with Gasteiger partial charge in [-0.25, -0.2) is 9.38 Å². The van der Waals surface area contributed by atoms with E-state index in [-0.39, 0.29) is 17.7 Å². The minimum atomic E-state index is -0.379. The van der Waals surface area contributed by atoms with Crippen molar-refractivity contribution in [3.63, 3.8) is 0 Å². The van der Waals surface area contributed by atoms with Crippen LogP contribution in [0.4, 0.5) is 4.39 Å². The van der Waals surface area contributed by atoms with Gasteiger partial charge in [0, 0.05) is 19.8 Å². The summed E-state index contributed by atoms with van der Waals surface area (Å²) >= 11 is 0. The Balaban J connectivity index is 2.26. The molecule has 1 aromatic carbocycles. The van der Waals surface area contributed by atoms with Crippen LogP contribution in [0.1, 0.15) is 20.3 Å². The molecule has 0 aliphatic heterocycles. The van der Waals surface area contributed by atoms with Crippen LogP contribution in [0, 0.1) is 5.82 Å². The summed E-state index contributed by atoms with van der Waals surface area (Å²) < 4.78 is 24.1. The van der Waals surface area contributed by atoms with E-state index < -0.39 is 0 Å². The van der Waals surface area contributed by atoms with E-state index >= 15 is 0 Å². The van der Waals surface area contributed by atoms with Crippen LogP contribution >= 0.6 is 0 Å². The third-order valence-electron chi connectivity index (χ3n) is 2.66. The molecule has 5 nitrogen and oxygen atoms in total. The first-order chi connectivity index (χ1) is 10.1. The van der Waals surface area contributed by atoms with E-state index in [1.54, 1.807) is 18.2 Å². The monoisotopic (exact) mass is 297 g/mol. The predicted octanol–water partition coefficient (Wildman–Crippen LogP) is 1.92. The van der Waals surface area contributed by atoms with Crippen LogP contribution in [0.15, 0.2) is 29.3 Å². The third kappa shape index (κ3) is 7.51. The summed E-state index contributed by atoms with van der Waals surface area (Å²) in [6, 6.07) is 6.29. The minimum absolute atomic E-state index is 0.225. The molecular formula is C15H24FN3O2. The largest absolute Gasteiger partial charge is 0.486 e. The van der Waals surface area contributed by atoms with Gasteiger partial charge in [-0.15, -0.1) is 0 Å². The van der Waals surface area contributed by atoms with Gasteiger partial charge >= 0.3 is 0 Å². The molecule has 1 aromatic rings. The normalized spacial score (nSPS) is 13.0. The molecule has 0 aromatic heterocycles. The predicted molar refractivity (Wildman–Crippen MR) is 82.1 cm³/mol. The number of ether oxygens (including phenoxy) is 2. The molecule has 0 aliphatic carbocycles. The average molecular weight is 297 g/mol. The number of benzene rings is 1. The van der Waals surface area contributed by atoms with Gasteiger partial charge in [0.1, 0.15) is 6.10 Å². The van der Waals surface area contributed by atoms with Gasteiger partial charge in [0.05, 0.1) is 6.54 Å². The van der Waals surface area contributed by atoms with E-state index in [2.05, 4.69) is 10.3 Å². The van der Waals surface area contributed by atoms with E-state index in [9.17, 15) is 4.39 Å². The van der Waals surface area contributed by atoms with Crippen molar-refractivity contribution in [3.05, 3.63) is 30.1 Å². The molecule has 0 fully saturated rings. The fraction of sp³-hybridized carbons (Fsp3) is 0.533.